The summed E-state index contributed by atoms with van der Waals surface area (Å²) in [5.41, 5.74) is -0.0972. The SMILES string of the molecule is CCCOc1ccc(S(=O)(=O)N2CCN(C)CC2)cc1-c1nc2c([nH]1)c(=O)n(C)c(=O)n2CCC. The molecule has 190 valence electrons. The minimum atomic E-state index is -3.73. The van der Waals surface area contributed by atoms with E-state index in [0.717, 1.165) is 11.0 Å². The summed E-state index contributed by atoms with van der Waals surface area (Å²) < 4.78 is 36.7. The summed E-state index contributed by atoms with van der Waals surface area (Å²) in [5, 5.41) is 0. The number of imidazole rings is 1. The normalized spacial score (nSPS) is 15.7. The van der Waals surface area contributed by atoms with Gasteiger partial charge in [-0.3, -0.25) is 13.9 Å². The second-order valence-corrected chi connectivity index (χ2v) is 10.7. The summed E-state index contributed by atoms with van der Waals surface area (Å²) in [6, 6.07) is 4.69. The van der Waals surface area contributed by atoms with Crippen molar-refractivity contribution in [2.24, 2.45) is 7.05 Å². The number of hydrogen-bond acceptors (Lipinski definition) is 7. The highest BCUT2D eigenvalue weighted by Crippen LogP contribution is 2.33. The molecule has 0 saturated carbocycles. The fourth-order valence-corrected chi connectivity index (χ4v) is 5.61. The predicted octanol–water partition coefficient (Wildman–Crippen LogP) is 1.23. The van der Waals surface area contributed by atoms with E-state index in [-0.39, 0.29) is 21.9 Å². The maximum Gasteiger partial charge on any atom is 0.332 e. The maximum atomic E-state index is 13.4. The summed E-state index contributed by atoms with van der Waals surface area (Å²) in [4.78, 5) is 35.3. The number of aryl methyl sites for hydroxylation is 1. The summed E-state index contributed by atoms with van der Waals surface area (Å²) in [5.74, 6) is 0.721. The van der Waals surface area contributed by atoms with Crippen LogP contribution in [0.1, 0.15) is 26.7 Å². The third-order valence-corrected chi connectivity index (χ3v) is 8.09. The van der Waals surface area contributed by atoms with Crippen LogP contribution in [0.5, 0.6) is 5.75 Å². The van der Waals surface area contributed by atoms with Gasteiger partial charge in [0.1, 0.15) is 17.1 Å². The van der Waals surface area contributed by atoms with Crippen LogP contribution in [0.15, 0.2) is 32.7 Å². The molecule has 1 N–H and O–H groups in total. The highest BCUT2D eigenvalue weighted by molar-refractivity contribution is 7.89. The summed E-state index contributed by atoms with van der Waals surface area (Å²) >= 11 is 0. The van der Waals surface area contributed by atoms with Crippen LogP contribution in [0.4, 0.5) is 0 Å². The molecule has 11 nitrogen and oxygen atoms in total. The summed E-state index contributed by atoms with van der Waals surface area (Å²) in [7, 11) is -0.343. The number of nitrogens with one attached hydrogen (secondary N) is 1. The maximum absolute atomic E-state index is 13.4. The molecule has 0 amide bonds. The third-order valence-electron chi connectivity index (χ3n) is 6.19. The largest absolute Gasteiger partial charge is 0.493 e. The van der Waals surface area contributed by atoms with E-state index in [9.17, 15) is 18.0 Å². The minimum absolute atomic E-state index is 0.125. The van der Waals surface area contributed by atoms with E-state index >= 15 is 0 Å². The van der Waals surface area contributed by atoms with Gasteiger partial charge in [-0.2, -0.15) is 4.31 Å². The van der Waals surface area contributed by atoms with Gasteiger partial charge in [0.15, 0.2) is 5.65 Å². The average molecular weight is 505 g/mol. The molecule has 1 aliphatic rings. The second kappa shape index (κ2) is 9.96. The molecule has 0 bridgehead atoms. The highest BCUT2D eigenvalue weighted by atomic mass is 32.2. The lowest BCUT2D eigenvalue weighted by molar-refractivity contribution is 0.222. The first-order valence-electron chi connectivity index (χ1n) is 11.8. The van der Waals surface area contributed by atoms with Gasteiger partial charge in [0.25, 0.3) is 5.56 Å². The second-order valence-electron chi connectivity index (χ2n) is 8.80. The Kier molecular flexibility index (Phi) is 7.15. The lowest BCUT2D eigenvalue weighted by Crippen LogP contribution is -2.47. The molecule has 0 aliphatic carbocycles. The number of ether oxygens (including phenoxy) is 1. The number of sulfonamides is 1. The van der Waals surface area contributed by atoms with Crippen molar-refractivity contribution in [2.45, 2.75) is 38.1 Å². The molecule has 1 fully saturated rings. The Morgan fingerprint density at radius 3 is 2.43 bits per heavy atom. The molecular formula is C23H32N6O5S. The topological polar surface area (TPSA) is 123 Å². The number of aromatic nitrogens is 4. The number of piperazine rings is 1. The Bertz CT molecular complexity index is 1450. The molecule has 1 aliphatic heterocycles. The number of likely N-dealkylation sites (N-methyl/N-ethyl adjacent to an activating group) is 1. The Morgan fingerprint density at radius 1 is 1.06 bits per heavy atom. The van der Waals surface area contributed by atoms with Gasteiger partial charge in [-0.1, -0.05) is 13.8 Å². The molecule has 1 saturated heterocycles. The Morgan fingerprint density at radius 2 is 1.77 bits per heavy atom. The minimum Gasteiger partial charge on any atom is -0.493 e. The van der Waals surface area contributed by atoms with E-state index in [1.165, 1.54) is 28.1 Å². The van der Waals surface area contributed by atoms with Crippen molar-refractivity contribution in [3.05, 3.63) is 39.0 Å². The van der Waals surface area contributed by atoms with Crippen LogP contribution in [0.3, 0.4) is 0 Å². The van der Waals surface area contributed by atoms with Crippen molar-refractivity contribution in [3.8, 4) is 17.1 Å². The Hall–Kier alpha value is -2.96. The molecule has 0 atom stereocenters. The Labute approximate surface area is 204 Å². The summed E-state index contributed by atoms with van der Waals surface area (Å²) in [6.07, 6.45) is 1.44. The van der Waals surface area contributed by atoms with Crippen LogP contribution in [0, 0.1) is 0 Å². The van der Waals surface area contributed by atoms with Gasteiger partial charge in [0.2, 0.25) is 10.0 Å². The van der Waals surface area contributed by atoms with E-state index in [1.54, 1.807) is 6.07 Å². The lowest BCUT2D eigenvalue weighted by Gasteiger charge is -2.31. The summed E-state index contributed by atoms with van der Waals surface area (Å²) in [6.45, 7) is 6.86. The lowest BCUT2D eigenvalue weighted by atomic mass is 10.2. The van der Waals surface area contributed by atoms with Crippen molar-refractivity contribution >= 4 is 21.2 Å². The molecule has 12 heteroatoms. The van der Waals surface area contributed by atoms with Gasteiger partial charge in [-0.15, -0.1) is 0 Å². The van der Waals surface area contributed by atoms with Crippen LogP contribution in [-0.4, -0.2) is 76.6 Å². The van der Waals surface area contributed by atoms with Crippen LogP contribution < -0.4 is 16.0 Å². The van der Waals surface area contributed by atoms with Crippen LogP contribution >= 0.6 is 0 Å². The number of benzene rings is 1. The molecule has 4 rings (SSSR count). The highest BCUT2D eigenvalue weighted by Gasteiger charge is 2.29. The van der Waals surface area contributed by atoms with Crippen LogP contribution in [0.25, 0.3) is 22.6 Å². The van der Waals surface area contributed by atoms with Crippen molar-refractivity contribution in [3.63, 3.8) is 0 Å². The number of hydrogen-bond donors (Lipinski definition) is 1. The fourth-order valence-electron chi connectivity index (χ4n) is 4.16. The molecule has 3 heterocycles. The zero-order valence-corrected chi connectivity index (χ0v) is 21.4. The number of rotatable bonds is 8. The quantitative estimate of drug-likeness (QED) is 0.489. The molecule has 35 heavy (non-hydrogen) atoms. The standard InChI is InChI=1S/C23H32N6O5S/c1-5-9-29-21-19(22(30)27(4)23(29)31)24-20(25-21)17-15-16(7-8-18(17)34-14-6-2)35(32,33)28-12-10-26(3)11-13-28/h7-8,15H,5-6,9-14H2,1-4H3,(H,24,25). The molecule has 0 radical (unpaired) electrons. The number of H-pyrrole nitrogens is 1. The zero-order valence-electron chi connectivity index (χ0n) is 20.6. The van der Waals surface area contributed by atoms with Gasteiger partial charge in [-0.05, 0) is 38.1 Å². The van der Waals surface area contributed by atoms with E-state index in [0.29, 0.717) is 57.1 Å². The fraction of sp³-hybridized carbons (Fsp3) is 0.522. The smallest absolute Gasteiger partial charge is 0.332 e. The van der Waals surface area contributed by atoms with Gasteiger partial charge in [-0.25, -0.2) is 18.2 Å². The first-order chi connectivity index (χ1) is 16.7. The van der Waals surface area contributed by atoms with Gasteiger partial charge >= 0.3 is 5.69 Å². The number of aromatic amines is 1. The van der Waals surface area contributed by atoms with Crippen molar-refractivity contribution in [1.82, 2.24) is 28.3 Å². The van der Waals surface area contributed by atoms with E-state index in [4.69, 9.17) is 4.74 Å². The molecule has 0 spiro atoms. The molecular weight excluding hydrogens is 472 g/mol. The first kappa shape index (κ1) is 25.1. The Balaban J connectivity index is 1.88. The zero-order chi connectivity index (χ0) is 25.3. The predicted molar refractivity (Wildman–Crippen MR) is 133 cm³/mol. The number of nitrogens with zero attached hydrogens (tertiary/aromatic N) is 5. The first-order valence-corrected chi connectivity index (χ1v) is 13.3. The van der Waals surface area contributed by atoms with E-state index in [2.05, 4.69) is 14.9 Å². The third kappa shape index (κ3) is 4.65. The van der Waals surface area contributed by atoms with Crippen molar-refractivity contribution in [1.29, 1.82) is 0 Å². The van der Waals surface area contributed by atoms with E-state index < -0.39 is 21.3 Å². The van der Waals surface area contributed by atoms with Crippen molar-refractivity contribution < 1.29 is 13.2 Å². The van der Waals surface area contributed by atoms with Gasteiger partial charge in [0.05, 0.1) is 17.1 Å². The molecule has 2 aromatic heterocycles. The molecule has 3 aromatic rings. The van der Waals surface area contributed by atoms with Crippen LogP contribution in [-0.2, 0) is 23.6 Å². The van der Waals surface area contributed by atoms with Gasteiger partial charge in [0, 0.05) is 39.8 Å². The average Bonchev–Trinajstić information content (AvgIpc) is 3.29. The van der Waals surface area contributed by atoms with E-state index in [1.807, 2.05) is 20.9 Å². The molecule has 0 unspecified atom stereocenters. The van der Waals surface area contributed by atoms with Crippen molar-refractivity contribution in [2.75, 3.05) is 39.8 Å². The molecule has 1 aromatic carbocycles. The number of fused-ring (bicyclic) bond motifs is 1. The van der Waals surface area contributed by atoms with Crippen LogP contribution in [0.2, 0.25) is 0 Å². The monoisotopic (exact) mass is 504 g/mol. The van der Waals surface area contributed by atoms with Gasteiger partial charge < -0.3 is 14.6 Å².